The molecule has 0 radical (unpaired) electrons. The molecule has 1 aliphatic heterocycles. The Morgan fingerprint density at radius 3 is 2.27 bits per heavy atom. The summed E-state index contributed by atoms with van der Waals surface area (Å²) in [6.45, 7) is 0.338. The van der Waals surface area contributed by atoms with Crippen molar-refractivity contribution in [3.8, 4) is 17.2 Å². The van der Waals surface area contributed by atoms with Crippen molar-refractivity contribution in [2.45, 2.75) is 31.7 Å². The second-order valence-electron chi connectivity index (χ2n) is 8.23. The molecule has 0 N–H and O–H groups in total. The Bertz CT molecular complexity index is 1050. The van der Waals surface area contributed by atoms with Crippen molar-refractivity contribution in [1.29, 1.82) is 0 Å². The number of hydrogen-bond donors (Lipinski definition) is 0. The highest BCUT2D eigenvalue weighted by molar-refractivity contribution is 6.23. The van der Waals surface area contributed by atoms with Crippen molar-refractivity contribution < 1.29 is 28.6 Å². The number of methoxy groups -OCH3 is 3. The molecule has 1 saturated carbocycles. The summed E-state index contributed by atoms with van der Waals surface area (Å²) < 4.78 is 15.8. The van der Waals surface area contributed by atoms with E-state index >= 15 is 0 Å². The Morgan fingerprint density at radius 2 is 1.67 bits per heavy atom. The minimum Gasteiger partial charge on any atom is -0.497 e. The fraction of sp³-hybridized carbons (Fsp3) is 0.400. The molecule has 3 amide bonds. The predicted molar refractivity (Wildman–Crippen MR) is 122 cm³/mol. The number of rotatable bonds is 9. The summed E-state index contributed by atoms with van der Waals surface area (Å²) in [6, 6.07) is 11.5. The van der Waals surface area contributed by atoms with Gasteiger partial charge in [-0.05, 0) is 61.2 Å². The van der Waals surface area contributed by atoms with Crippen LogP contribution >= 0.6 is 0 Å². The monoisotopic (exact) mass is 452 g/mol. The normalized spacial score (nSPS) is 17.8. The molecule has 8 nitrogen and oxygen atoms in total. The van der Waals surface area contributed by atoms with Crippen molar-refractivity contribution in [3.05, 3.63) is 48.0 Å². The molecule has 1 unspecified atom stereocenters. The van der Waals surface area contributed by atoms with Crippen LogP contribution in [0.15, 0.2) is 42.5 Å². The third kappa shape index (κ3) is 4.65. The number of imide groups is 1. The van der Waals surface area contributed by atoms with E-state index in [1.54, 1.807) is 50.5 Å². The van der Waals surface area contributed by atoms with E-state index in [0.29, 0.717) is 35.9 Å². The first kappa shape index (κ1) is 22.6. The molecule has 8 heteroatoms. The molecular formula is C25H28N2O6. The summed E-state index contributed by atoms with van der Waals surface area (Å²) in [5.41, 5.74) is 1.43. The first-order valence-electron chi connectivity index (χ1n) is 11.0. The predicted octanol–water partition coefficient (Wildman–Crippen LogP) is 2.83. The maximum absolute atomic E-state index is 13.3. The summed E-state index contributed by atoms with van der Waals surface area (Å²) in [4.78, 5) is 42.0. The van der Waals surface area contributed by atoms with Crippen LogP contribution in [-0.4, -0.2) is 56.5 Å². The van der Waals surface area contributed by atoms with Crippen LogP contribution in [0.25, 0.3) is 0 Å². The Morgan fingerprint density at radius 1 is 0.970 bits per heavy atom. The first-order chi connectivity index (χ1) is 16.0. The van der Waals surface area contributed by atoms with E-state index in [0.717, 1.165) is 18.4 Å². The van der Waals surface area contributed by atoms with E-state index in [4.69, 9.17) is 14.2 Å². The van der Waals surface area contributed by atoms with E-state index in [1.165, 1.54) is 4.90 Å². The zero-order valence-electron chi connectivity index (χ0n) is 19.1. The average molecular weight is 453 g/mol. The van der Waals surface area contributed by atoms with Crippen molar-refractivity contribution in [1.82, 2.24) is 4.90 Å². The summed E-state index contributed by atoms with van der Waals surface area (Å²) in [7, 11) is 4.70. The lowest BCUT2D eigenvalue weighted by Crippen LogP contribution is -2.47. The summed E-state index contributed by atoms with van der Waals surface area (Å²) in [5.74, 6) is 1.06. The first-order valence-corrected chi connectivity index (χ1v) is 11.0. The van der Waals surface area contributed by atoms with Gasteiger partial charge in [0.1, 0.15) is 11.8 Å². The SMILES string of the molecule is COc1ccc(N2C(=O)CC(N(CCc3ccc(OC)c(OC)c3)C(=O)C3CC3)C2=O)cc1. The van der Waals surface area contributed by atoms with E-state index in [9.17, 15) is 14.4 Å². The highest BCUT2D eigenvalue weighted by Crippen LogP contribution is 2.35. The smallest absolute Gasteiger partial charge is 0.257 e. The molecule has 174 valence electrons. The van der Waals surface area contributed by atoms with Crippen LogP contribution in [0.3, 0.4) is 0 Å². The Labute approximate surface area is 193 Å². The summed E-state index contributed by atoms with van der Waals surface area (Å²) in [5, 5.41) is 0. The van der Waals surface area contributed by atoms with E-state index in [2.05, 4.69) is 0 Å². The molecule has 1 saturated heterocycles. The van der Waals surface area contributed by atoms with Gasteiger partial charge in [-0.25, -0.2) is 4.90 Å². The number of ether oxygens (including phenoxy) is 3. The Balaban J connectivity index is 1.54. The zero-order chi connectivity index (χ0) is 23.5. The molecule has 0 bridgehead atoms. The molecule has 2 aliphatic rings. The van der Waals surface area contributed by atoms with Crippen LogP contribution in [0.4, 0.5) is 5.69 Å². The molecule has 4 rings (SSSR count). The van der Waals surface area contributed by atoms with Crippen molar-refractivity contribution in [2.75, 3.05) is 32.8 Å². The van der Waals surface area contributed by atoms with Gasteiger partial charge in [0, 0.05) is 12.5 Å². The number of hydrogen-bond acceptors (Lipinski definition) is 6. The van der Waals surface area contributed by atoms with Gasteiger partial charge in [-0.2, -0.15) is 0 Å². The van der Waals surface area contributed by atoms with Gasteiger partial charge in [-0.15, -0.1) is 0 Å². The number of amides is 3. The largest absolute Gasteiger partial charge is 0.497 e. The molecule has 2 fully saturated rings. The third-order valence-electron chi connectivity index (χ3n) is 6.13. The van der Waals surface area contributed by atoms with Crippen molar-refractivity contribution in [2.24, 2.45) is 5.92 Å². The van der Waals surface area contributed by atoms with Crippen LogP contribution < -0.4 is 19.1 Å². The molecule has 33 heavy (non-hydrogen) atoms. The standard InChI is InChI=1S/C25H28N2O6/c1-31-19-9-7-18(8-10-19)27-23(28)15-20(25(27)30)26(24(29)17-5-6-17)13-12-16-4-11-21(32-2)22(14-16)33-3/h4,7-11,14,17,20H,5-6,12-13,15H2,1-3H3. The number of benzene rings is 2. The molecule has 0 spiro atoms. The number of anilines is 1. The molecule has 2 aromatic carbocycles. The third-order valence-corrected chi connectivity index (χ3v) is 6.13. The van der Waals surface area contributed by atoms with Gasteiger partial charge in [0.05, 0.1) is 33.4 Å². The van der Waals surface area contributed by atoms with Crippen molar-refractivity contribution >= 4 is 23.4 Å². The average Bonchev–Trinajstić information content (AvgIpc) is 3.65. The van der Waals surface area contributed by atoms with Gasteiger partial charge >= 0.3 is 0 Å². The van der Waals surface area contributed by atoms with Crippen LogP contribution in [0, 0.1) is 5.92 Å². The summed E-state index contributed by atoms with van der Waals surface area (Å²) in [6.07, 6.45) is 2.15. The Hall–Kier alpha value is -3.55. The molecule has 1 atom stereocenters. The topological polar surface area (TPSA) is 85.4 Å². The van der Waals surface area contributed by atoms with Crippen LogP contribution in [0.5, 0.6) is 17.2 Å². The maximum atomic E-state index is 13.3. The molecule has 1 heterocycles. The highest BCUT2D eigenvalue weighted by Gasteiger charge is 2.46. The van der Waals surface area contributed by atoms with Gasteiger partial charge in [-0.3, -0.25) is 14.4 Å². The molecule has 0 aromatic heterocycles. The van der Waals surface area contributed by atoms with Gasteiger partial charge < -0.3 is 19.1 Å². The van der Waals surface area contributed by atoms with Gasteiger partial charge in [0.25, 0.3) is 5.91 Å². The maximum Gasteiger partial charge on any atom is 0.257 e. The van der Waals surface area contributed by atoms with E-state index < -0.39 is 6.04 Å². The zero-order valence-corrected chi connectivity index (χ0v) is 19.1. The highest BCUT2D eigenvalue weighted by atomic mass is 16.5. The minimum absolute atomic E-state index is 0.0186. The van der Waals surface area contributed by atoms with Crippen LogP contribution in [0.1, 0.15) is 24.8 Å². The van der Waals surface area contributed by atoms with Crippen LogP contribution in [0.2, 0.25) is 0 Å². The summed E-state index contributed by atoms with van der Waals surface area (Å²) >= 11 is 0. The number of nitrogens with zero attached hydrogens (tertiary/aromatic N) is 2. The van der Waals surface area contributed by atoms with Crippen molar-refractivity contribution in [3.63, 3.8) is 0 Å². The lowest BCUT2D eigenvalue weighted by molar-refractivity contribution is -0.139. The second-order valence-corrected chi connectivity index (χ2v) is 8.23. The van der Waals surface area contributed by atoms with Gasteiger partial charge in [-0.1, -0.05) is 6.07 Å². The van der Waals surface area contributed by atoms with E-state index in [-0.39, 0.29) is 30.1 Å². The van der Waals surface area contributed by atoms with Gasteiger partial charge in [0.15, 0.2) is 11.5 Å². The Kier molecular flexibility index (Phi) is 6.53. The fourth-order valence-electron chi connectivity index (χ4n) is 4.13. The lowest BCUT2D eigenvalue weighted by atomic mass is 10.1. The molecule has 1 aliphatic carbocycles. The lowest BCUT2D eigenvalue weighted by Gasteiger charge is -2.28. The molecular weight excluding hydrogens is 424 g/mol. The second kappa shape index (κ2) is 9.52. The quantitative estimate of drug-likeness (QED) is 0.544. The number of carbonyl (C=O) groups is 3. The van der Waals surface area contributed by atoms with Gasteiger partial charge in [0.2, 0.25) is 11.8 Å². The molecule has 2 aromatic rings. The van der Waals surface area contributed by atoms with Crippen LogP contribution in [-0.2, 0) is 20.8 Å². The number of carbonyl (C=O) groups excluding carboxylic acids is 3. The fourth-order valence-corrected chi connectivity index (χ4v) is 4.13. The minimum atomic E-state index is -0.798. The van der Waals surface area contributed by atoms with E-state index in [1.807, 2.05) is 18.2 Å².